The van der Waals surface area contributed by atoms with Crippen molar-refractivity contribution < 1.29 is 0 Å². The van der Waals surface area contributed by atoms with Crippen LogP contribution in [0.5, 0.6) is 0 Å². The summed E-state index contributed by atoms with van der Waals surface area (Å²) in [5.41, 5.74) is 0. The Labute approximate surface area is 231 Å². The van der Waals surface area contributed by atoms with Crippen LogP contribution in [0.4, 0.5) is 0 Å². The molecular formula is C30H61Cl3Si. The molecule has 4 heteroatoms. The van der Waals surface area contributed by atoms with E-state index in [2.05, 4.69) is 6.92 Å². The number of halogens is 3. The summed E-state index contributed by atoms with van der Waals surface area (Å²) in [6.45, 7) is 2.30. The van der Waals surface area contributed by atoms with Crippen LogP contribution in [0.3, 0.4) is 0 Å². The van der Waals surface area contributed by atoms with Crippen molar-refractivity contribution in [2.24, 2.45) is 0 Å². The van der Waals surface area contributed by atoms with Gasteiger partial charge in [-0.2, -0.15) is 0 Å². The zero-order valence-corrected chi connectivity index (χ0v) is 26.4. The number of hydrogen-bond donors (Lipinski definition) is 0. The van der Waals surface area contributed by atoms with Gasteiger partial charge in [0.25, 0.3) is 0 Å². The zero-order valence-electron chi connectivity index (χ0n) is 23.1. The van der Waals surface area contributed by atoms with Crippen molar-refractivity contribution in [1.82, 2.24) is 0 Å². The van der Waals surface area contributed by atoms with Crippen LogP contribution in [0.2, 0.25) is 6.04 Å². The molecule has 0 nitrogen and oxygen atoms in total. The van der Waals surface area contributed by atoms with Crippen molar-refractivity contribution in [1.29, 1.82) is 0 Å². The third kappa shape index (κ3) is 33.1. The van der Waals surface area contributed by atoms with Gasteiger partial charge in [-0.05, 0) is 6.04 Å². The minimum atomic E-state index is -2.36. The molecule has 0 bridgehead atoms. The fourth-order valence-electron chi connectivity index (χ4n) is 4.99. The van der Waals surface area contributed by atoms with E-state index in [1.54, 1.807) is 0 Å². The first kappa shape index (κ1) is 35.1. The van der Waals surface area contributed by atoms with Crippen molar-refractivity contribution in [2.45, 2.75) is 193 Å². The first-order valence-electron chi connectivity index (χ1n) is 15.6. The summed E-state index contributed by atoms with van der Waals surface area (Å²) >= 11 is 17.7. The molecule has 0 amide bonds. The molecule has 0 fully saturated rings. The standard InChI is InChI=1S/C30H61Cl3Si/c1-2-3-4-5-6-7-8-9-10-11-12-13-14-15-16-17-18-19-20-21-22-23-24-25-26-27-28-29-30-34(31,32)33/h2-30H2,1H3. The highest BCUT2D eigenvalue weighted by Gasteiger charge is 2.23. The normalized spacial score (nSPS) is 12.0. The second kappa shape index (κ2) is 28.7. The molecule has 0 spiro atoms. The number of rotatable bonds is 29. The topological polar surface area (TPSA) is 0 Å². The molecule has 0 aliphatic carbocycles. The van der Waals surface area contributed by atoms with Gasteiger partial charge >= 0.3 is 6.00 Å². The van der Waals surface area contributed by atoms with Gasteiger partial charge < -0.3 is 0 Å². The van der Waals surface area contributed by atoms with Crippen LogP contribution in [0, 0.1) is 0 Å². The van der Waals surface area contributed by atoms with E-state index in [9.17, 15) is 0 Å². The van der Waals surface area contributed by atoms with Gasteiger partial charge in [-0.1, -0.05) is 187 Å². The van der Waals surface area contributed by atoms with E-state index in [-0.39, 0.29) is 0 Å². The molecule has 0 aliphatic heterocycles. The predicted octanol–water partition coefficient (Wildman–Crippen LogP) is 13.6. The molecule has 34 heavy (non-hydrogen) atoms. The third-order valence-corrected chi connectivity index (χ3v) is 9.94. The Hall–Kier alpha value is 1.09. The molecule has 0 N–H and O–H groups in total. The molecule has 0 saturated carbocycles. The van der Waals surface area contributed by atoms with Crippen molar-refractivity contribution >= 4 is 39.2 Å². The molecule has 0 rings (SSSR count). The minimum absolute atomic E-state index is 0.830. The summed E-state index contributed by atoms with van der Waals surface area (Å²) < 4.78 is 0. The van der Waals surface area contributed by atoms with Gasteiger partial charge in [0.1, 0.15) is 0 Å². The predicted molar refractivity (Wildman–Crippen MR) is 163 cm³/mol. The Balaban J connectivity index is 3.03. The molecule has 0 aromatic rings. The van der Waals surface area contributed by atoms with Gasteiger partial charge in [0.05, 0.1) is 0 Å². The molecular weight excluding hydrogens is 495 g/mol. The van der Waals surface area contributed by atoms with E-state index in [0.29, 0.717) is 0 Å². The van der Waals surface area contributed by atoms with Crippen LogP contribution in [0.1, 0.15) is 187 Å². The Kier molecular flexibility index (Phi) is 29.6. The first-order chi connectivity index (χ1) is 16.6. The quantitative estimate of drug-likeness (QED) is 0.0489. The molecule has 206 valence electrons. The lowest BCUT2D eigenvalue weighted by Gasteiger charge is -2.07. The highest BCUT2D eigenvalue weighted by atomic mass is 35.8. The van der Waals surface area contributed by atoms with Crippen LogP contribution in [0.25, 0.3) is 0 Å². The summed E-state index contributed by atoms with van der Waals surface area (Å²) in [5, 5.41) is 0. The fourth-order valence-corrected chi connectivity index (χ4v) is 6.85. The van der Waals surface area contributed by atoms with E-state index in [4.69, 9.17) is 33.2 Å². The van der Waals surface area contributed by atoms with Gasteiger partial charge in [0, 0.05) is 0 Å². The summed E-state index contributed by atoms with van der Waals surface area (Å²) in [6, 6.07) is -1.53. The first-order valence-corrected chi connectivity index (χ1v) is 20.9. The monoisotopic (exact) mass is 554 g/mol. The number of hydrogen-bond acceptors (Lipinski definition) is 0. The summed E-state index contributed by atoms with van der Waals surface area (Å²) in [5.74, 6) is 0. The maximum atomic E-state index is 5.92. The zero-order chi connectivity index (χ0) is 25.0. The lowest BCUT2D eigenvalue weighted by molar-refractivity contribution is 0.514. The number of unbranched alkanes of at least 4 members (excludes halogenated alkanes) is 27. The Morgan fingerprint density at radius 2 is 0.471 bits per heavy atom. The maximum absolute atomic E-state index is 5.92. The van der Waals surface area contributed by atoms with Crippen LogP contribution in [0.15, 0.2) is 0 Å². The smallest absolute Gasteiger partial charge is 0.126 e. The highest BCUT2D eigenvalue weighted by Crippen LogP contribution is 2.27. The Bertz CT molecular complexity index is 371. The van der Waals surface area contributed by atoms with E-state index in [1.807, 2.05) is 0 Å². The summed E-state index contributed by atoms with van der Waals surface area (Å²) in [7, 11) is 0. The van der Waals surface area contributed by atoms with E-state index >= 15 is 0 Å². The van der Waals surface area contributed by atoms with Crippen molar-refractivity contribution in [2.75, 3.05) is 0 Å². The van der Waals surface area contributed by atoms with Crippen LogP contribution >= 0.6 is 33.2 Å². The van der Waals surface area contributed by atoms with E-state index in [1.165, 1.54) is 173 Å². The lowest BCUT2D eigenvalue weighted by atomic mass is 10.0. The van der Waals surface area contributed by atoms with Gasteiger partial charge in [-0.25, -0.2) is 0 Å². The second-order valence-corrected chi connectivity index (χ2v) is 20.2. The molecule has 0 heterocycles. The van der Waals surface area contributed by atoms with Gasteiger partial charge in [-0.15, -0.1) is 33.2 Å². The maximum Gasteiger partial charge on any atom is 0.341 e. The van der Waals surface area contributed by atoms with Gasteiger partial charge in [-0.3, -0.25) is 0 Å². The average Bonchev–Trinajstić information content (AvgIpc) is 2.80. The SMILES string of the molecule is CCCCCCCCCCCCCCCCCCCCCCCCCCCCCC[Si](Cl)(Cl)Cl. The van der Waals surface area contributed by atoms with Crippen LogP contribution < -0.4 is 0 Å². The fraction of sp³-hybridized carbons (Fsp3) is 1.00. The second-order valence-electron chi connectivity index (χ2n) is 10.9. The minimum Gasteiger partial charge on any atom is -0.126 e. The molecule has 0 aliphatic rings. The van der Waals surface area contributed by atoms with E-state index < -0.39 is 6.00 Å². The molecule has 0 aromatic heterocycles. The Morgan fingerprint density at radius 3 is 0.647 bits per heavy atom. The van der Waals surface area contributed by atoms with Gasteiger partial charge in [0.2, 0.25) is 0 Å². The summed E-state index contributed by atoms with van der Waals surface area (Å²) in [6.07, 6.45) is 40.0. The highest BCUT2D eigenvalue weighted by molar-refractivity contribution is 7.64. The van der Waals surface area contributed by atoms with Crippen molar-refractivity contribution in [3.63, 3.8) is 0 Å². The molecule has 0 atom stereocenters. The van der Waals surface area contributed by atoms with E-state index in [0.717, 1.165) is 12.5 Å². The van der Waals surface area contributed by atoms with Crippen molar-refractivity contribution in [3.8, 4) is 0 Å². The average molecular weight is 556 g/mol. The van der Waals surface area contributed by atoms with Crippen LogP contribution in [-0.4, -0.2) is 6.00 Å². The third-order valence-electron chi connectivity index (χ3n) is 7.31. The molecule has 0 aromatic carbocycles. The molecule has 0 radical (unpaired) electrons. The molecule has 0 saturated heterocycles. The molecule has 0 unspecified atom stereocenters. The largest absolute Gasteiger partial charge is 0.341 e. The van der Waals surface area contributed by atoms with Crippen LogP contribution in [-0.2, 0) is 0 Å². The van der Waals surface area contributed by atoms with Gasteiger partial charge in [0.15, 0.2) is 0 Å². The lowest BCUT2D eigenvalue weighted by Crippen LogP contribution is -2.07. The van der Waals surface area contributed by atoms with Crippen molar-refractivity contribution in [3.05, 3.63) is 0 Å². The Morgan fingerprint density at radius 1 is 0.294 bits per heavy atom. The summed E-state index contributed by atoms with van der Waals surface area (Å²) in [4.78, 5) is 0.